The Balaban J connectivity index is 1.89. The SMILES string of the molecule is C=NN1CC2CC(C1)c1cc3c(cc12)=NCCN=3. The summed E-state index contributed by atoms with van der Waals surface area (Å²) in [5.41, 5.74) is 2.96. The maximum Gasteiger partial charge on any atom is 0.0830 e. The molecule has 18 heavy (non-hydrogen) atoms. The van der Waals surface area contributed by atoms with Crippen LogP contribution in [0.1, 0.15) is 29.4 Å². The summed E-state index contributed by atoms with van der Waals surface area (Å²) < 4.78 is 0. The Hall–Kier alpha value is -1.71. The summed E-state index contributed by atoms with van der Waals surface area (Å²) in [6.45, 7) is 7.33. The van der Waals surface area contributed by atoms with Gasteiger partial charge in [-0.1, -0.05) is 0 Å². The molecule has 1 aromatic rings. The van der Waals surface area contributed by atoms with E-state index in [4.69, 9.17) is 0 Å². The van der Waals surface area contributed by atoms with Gasteiger partial charge in [-0.15, -0.1) is 0 Å². The van der Waals surface area contributed by atoms with E-state index >= 15 is 0 Å². The highest BCUT2D eigenvalue weighted by Crippen LogP contribution is 2.44. The quantitative estimate of drug-likeness (QED) is 0.657. The molecule has 0 radical (unpaired) electrons. The van der Waals surface area contributed by atoms with Gasteiger partial charge in [0.15, 0.2) is 0 Å². The summed E-state index contributed by atoms with van der Waals surface area (Å²) in [6.07, 6.45) is 1.25. The van der Waals surface area contributed by atoms with Crippen LogP contribution in [0.4, 0.5) is 0 Å². The molecule has 1 aliphatic carbocycles. The molecule has 0 N–H and O–H groups in total. The lowest BCUT2D eigenvalue weighted by atomic mass is 9.97. The first-order valence-electron chi connectivity index (χ1n) is 6.59. The predicted octanol–water partition coefficient (Wildman–Crippen LogP) is 0.442. The summed E-state index contributed by atoms with van der Waals surface area (Å²) in [7, 11) is 0. The van der Waals surface area contributed by atoms with Gasteiger partial charge in [0.2, 0.25) is 0 Å². The third-order valence-electron chi connectivity index (χ3n) is 4.36. The molecule has 2 heterocycles. The van der Waals surface area contributed by atoms with Gasteiger partial charge < -0.3 is 0 Å². The van der Waals surface area contributed by atoms with Gasteiger partial charge in [-0.05, 0) is 29.7 Å². The highest BCUT2D eigenvalue weighted by molar-refractivity contribution is 5.40. The number of hydrazone groups is 1. The lowest BCUT2D eigenvalue weighted by Crippen LogP contribution is -2.31. The van der Waals surface area contributed by atoms with Crippen molar-refractivity contribution in [1.82, 2.24) is 5.01 Å². The molecular formula is C14H16N4. The summed E-state index contributed by atoms with van der Waals surface area (Å²) >= 11 is 0. The Morgan fingerprint density at radius 1 is 1.06 bits per heavy atom. The van der Waals surface area contributed by atoms with Crippen LogP contribution in [-0.4, -0.2) is 37.9 Å². The molecular weight excluding hydrogens is 224 g/mol. The maximum atomic E-state index is 4.58. The minimum Gasteiger partial charge on any atom is -0.296 e. The lowest BCUT2D eigenvalue weighted by Gasteiger charge is -2.29. The van der Waals surface area contributed by atoms with Crippen LogP contribution >= 0.6 is 0 Å². The van der Waals surface area contributed by atoms with Crippen molar-refractivity contribution >= 4 is 6.72 Å². The summed E-state index contributed by atoms with van der Waals surface area (Å²) in [5, 5.41) is 8.39. The van der Waals surface area contributed by atoms with Crippen molar-refractivity contribution in [3.8, 4) is 0 Å². The van der Waals surface area contributed by atoms with E-state index in [-0.39, 0.29) is 0 Å². The highest BCUT2D eigenvalue weighted by Gasteiger charge is 2.37. The molecule has 1 saturated heterocycles. The van der Waals surface area contributed by atoms with E-state index in [2.05, 4.69) is 38.9 Å². The minimum absolute atomic E-state index is 0.603. The van der Waals surface area contributed by atoms with Crippen LogP contribution in [0, 0.1) is 0 Å². The Bertz CT molecular complexity index is 583. The van der Waals surface area contributed by atoms with E-state index in [1.807, 2.05) is 0 Å². The van der Waals surface area contributed by atoms with Gasteiger partial charge in [0.1, 0.15) is 0 Å². The number of hydrogen-bond acceptors (Lipinski definition) is 4. The van der Waals surface area contributed by atoms with Crippen molar-refractivity contribution in [3.63, 3.8) is 0 Å². The van der Waals surface area contributed by atoms with Gasteiger partial charge in [0.25, 0.3) is 0 Å². The van der Waals surface area contributed by atoms with Crippen LogP contribution in [0.3, 0.4) is 0 Å². The van der Waals surface area contributed by atoms with Gasteiger partial charge in [-0.25, -0.2) is 0 Å². The molecule has 92 valence electrons. The molecule has 2 bridgehead atoms. The minimum atomic E-state index is 0.603. The van der Waals surface area contributed by atoms with Crippen LogP contribution < -0.4 is 10.7 Å². The normalized spacial score (nSPS) is 27.9. The Labute approximate surface area is 106 Å². The van der Waals surface area contributed by atoms with Crippen LogP contribution in [0.15, 0.2) is 27.2 Å². The van der Waals surface area contributed by atoms with Crippen LogP contribution in [0.25, 0.3) is 0 Å². The Morgan fingerprint density at radius 2 is 1.61 bits per heavy atom. The number of fused-ring (bicyclic) bond motifs is 6. The van der Waals surface area contributed by atoms with Gasteiger partial charge in [0, 0.05) is 31.6 Å². The number of nitrogens with zero attached hydrogens (tertiary/aromatic N) is 4. The fourth-order valence-corrected chi connectivity index (χ4v) is 3.55. The van der Waals surface area contributed by atoms with Gasteiger partial charge in [0.05, 0.1) is 23.8 Å². The zero-order valence-electron chi connectivity index (χ0n) is 10.3. The van der Waals surface area contributed by atoms with Crippen LogP contribution in [0.5, 0.6) is 0 Å². The van der Waals surface area contributed by atoms with Crippen molar-refractivity contribution in [2.24, 2.45) is 15.1 Å². The van der Waals surface area contributed by atoms with Crippen LogP contribution in [-0.2, 0) is 0 Å². The molecule has 1 fully saturated rings. The van der Waals surface area contributed by atoms with Crippen molar-refractivity contribution in [2.75, 3.05) is 26.2 Å². The fourth-order valence-electron chi connectivity index (χ4n) is 3.55. The van der Waals surface area contributed by atoms with E-state index in [0.29, 0.717) is 11.8 Å². The van der Waals surface area contributed by atoms with Gasteiger partial charge in [-0.3, -0.25) is 15.0 Å². The molecule has 2 unspecified atom stereocenters. The van der Waals surface area contributed by atoms with Gasteiger partial charge >= 0.3 is 0 Å². The molecule has 0 saturated carbocycles. The second kappa shape index (κ2) is 3.64. The molecule has 2 atom stereocenters. The van der Waals surface area contributed by atoms with Crippen molar-refractivity contribution in [1.29, 1.82) is 0 Å². The Kier molecular flexibility index (Phi) is 2.07. The average Bonchev–Trinajstić information content (AvgIpc) is 2.68. The first kappa shape index (κ1) is 10.2. The first-order valence-corrected chi connectivity index (χ1v) is 6.59. The second-order valence-electron chi connectivity index (χ2n) is 5.38. The zero-order chi connectivity index (χ0) is 12.1. The molecule has 4 heteroatoms. The van der Waals surface area contributed by atoms with E-state index in [9.17, 15) is 0 Å². The maximum absolute atomic E-state index is 4.58. The smallest absolute Gasteiger partial charge is 0.0830 e. The molecule has 0 aromatic heterocycles. The van der Waals surface area contributed by atoms with E-state index in [1.54, 1.807) is 0 Å². The van der Waals surface area contributed by atoms with Crippen molar-refractivity contribution in [2.45, 2.75) is 18.3 Å². The molecule has 2 aliphatic heterocycles. The topological polar surface area (TPSA) is 40.3 Å². The zero-order valence-corrected chi connectivity index (χ0v) is 10.3. The monoisotopic (exact) mass is 240 g/mol. The van der Waals surface area contributed by atoms with E-state index in [1.165, 1.54) is 17.5 Å². The summed E-state index contributed by atoms with van der Waals surface area (Å²) in [5.74, 6) is 1.21. The second-order valence-corrected chi connectivity index (χ2v) is 5.38. The Morgan fingerprint density at radius 3 is 2.11 bits per heavy atom. The molecule has 4 nitrogen and oxygen atoms in total. The van der Waals surface area contributed by atoms with E-state index in [0.717, 1.165) is 36.9 Å². The predicted molar refractivity (Wildman–Crippen MR) is 69.7 cm³/mol. The fraction of sp³-hybridized carbons (Fsp3) is 0.500. The molecule has 1 aromatic carbocycles. The molecule has 3 aliphatic rings. The molecule has 4 rings (SSSR count). The standard InChI is InChI=1S/C14H16N4/c1-15-18-7-9-4-10(8-18)12-6-14-13(5-11(9)12)16-2-3-17-14/h5-6,9-10H,1-4,7-8H2. The third-order valence-corrected chi connectivity index (χ3v) is 4.36. The van der Waals surface area contributed by atoms with Crippen molar-refractivity contribution in [3.05, 3.63) is 34.0 Å². The van der Waals surface area contributed by atoms with Gasteiger partial charge in [-0.2, -0.15) is 5.10 Å². The third kappa shape index (κ3) is 1.35. The summed E-state index contributed by atoms with van der Waals surface area (Å²) in [4.78, 5) is 9.16. The number of hydrogen-bond donors (Lipinski definition) is 0. The van der Waals surface area contributed by atoms with E-state index < -0.39 is 0 Å². The number of piperidine rings is 1. The average molecular weight is 240 g/mol. The first-order chi connectivity index (χ1) is 8.85. The number of benzene rings is 1. The lowest BCUT2D eigenvalue weighted by molar-refractivity contribution is 0.213. The molecule has 0 amide bonds. The summed E-state index contributed by atoms with van der Waals surface area (Å²) in [6, 6.07) is 4.54. The largest absolute Gasteiger partial charge is 0.296 e. The number of rotatable bonds is 1. The highest BCUT2D eigenvalue weighted by atomic mass is 15.4. The van der Waals surface area contributed by atoms with Crippen LogP contribution in [0.2, 0.25) is 0 Å². The van der Waals surface area contributed by atoms with Crippen molar-refractivity contribution < 1.29 is 0 Å². The molecule has 0 spiro atoms.